The Morgan fingerprint density at radius 2 is 1.85 bits per heavy atom. The molecule has 2 aromatic carbocycles. The standard InChI is InChI=1S/C24H26F3N5O2/c1-15(2)18-6-4-5-17-14-28-23(30-21(17)18)29-19-8-7-16(13-20(19)34-24(25,26)27)22(33)32-11-9-31(3)10-12-32/h4-8,13-15H,9-12H2,1-3H3,(H,28,29,30). The predicted octanol–water partition coefficient (Wildman–Crippen LogP) is 4.78. The fourth-order valence-corrected chi connectivity index (χ4v) is 3.89. The average Bonchev–Trinajstić information content (AvgIpc) is 2.78. The highest BCUT2D eigenvalue weighted by atomic mass is 19.4. The Morgan fingerprint density at radius 3 is 2.53 bits per heavy atom. The molecule has 1 aliphatic heterocycles. The van der Waals surface area contributed by atoms with Crippen LogP contribution in [0.5, 0.6) is 5.75 Å². The van der Waals surface area contributed by atoms with Gasteiger partial charge in [-0.25, -0.2) is 9.97 Å². The molecule has 1 N–H and O–H groups in total. The molecule has 34 heavy (non-hydrogen) atoms. The largest absolute Gasteiger partial charge is 0.573 e. The molecular formula is C24H26F3N5O2. The van der Waals surface area contributed by atoms with E-state index in [0.717, 1.165) is 22.5 Å². The number of halogens is 3. The molecule has 7 nitrogen and oxygen atoms in total. The average molecular weight is 473 g/mol. The number of carbonyl (C=O) groups excluding carboxylic acids is 1. The first-order valence-corrected chi connectivity index (χ1v) is 11.0. The minimum atomic E-state index is -4.93. The maximum absolute atomic E-state index is 13.2. The minimum absolute atomic E-state index is 0.00799. The van der Waals surface area contributed by atoms with Crippen molar-refractivity contribution >= 4 is 28.4 Å². The third-order valence-corrected chi connectivity index (χ3v) is 5.76. The molecule has 1 saturated heterocycles. The Labute approximate surface area is 195 Å². The van der Waals surface area contributed by atoms with Crippen molar-refractivity contribution in [2.24, 2.45) is 0 Å². The fourth-order valence-electron chi connectivity index (χ4n) is 3.89. The summed E-state index contributed by atoms with van der Waals surface area (Å²) >= 11 is 0. The van der Waals surface area contributed by atoms with Crippen LogP contribution in [0.15, 0.2) is 42.6 Å². The van der Waals surface area contributed by atoms with E-state index in [1.807, 2.05) is 39.1 Å². The Balaban J connectivity index is 1.66. The van der Waals surface area contributed by atoms with Gasteiger partial charge in [-0.05, 0) is 36.7 Å². The lowest BCUT2D eigenvalue weighted by molar-refractivity contribution is -0.274. The number of carbonyl (C=O) groups is 1. The number of fused-ring (bicyclic) bond motifs is 1. The summed E-state index contributed by atoms with van der Waals surface area (Å²) in [5.74, 6) is -0.523. The van der Waals surface area contributed by atoms with Gasteiger partial charge in [0.1, 0.15) is 0 Å². The molecule has 3 aromatic rings. The van der Waals surface area contributed by atoms with E-state index in [2.05, 4.69) is 24.9 Å². The molecular weight excluding hydrogens is 447 g/mol. The maximum atomic E-state index is 13.2. The Morgan fingerprint density at radius 1 is 1.12 bits per heavy atom. The van der Waals surface area contributed by atoms with Gasteiger partial charge in [0.25, 0.3) is 5.91 Å². The second kappa shape index (κ2) is 9.46. The van der Waals surface area contributed by atoms with Crippen LogP contribution in [0.4, 0.5) is 24.8 Å². The molecule has 4 rings (SSSR count). The number of nitrogens with one attached hydrogen (secondary N) is 1. The molecule has 1 amide bonds. The van der Waals surface area contributed by atoms with Gasteiger partial charge in [-0.2, -0.15) is 0 Å². The van der Waals surface area contributed by atoms with Crippen molar-refractivity contribution in [2.45, 2.75) is 26.1 Å². The van der Waals surface area contributed by atoms with Crippen LogP contribution < -0.4 is 10.1 Å². The zero-order chi connectivity index (χ0) is 24.5. The SMILES string of the molecule is CC(C)c1cccc2cnc(Nc3ccc(C(=O)N4CCN(C)CC4)cc3OC(F)(F)F)nc12. The first-order chi connectivity index (χ1) is 16.1. The van der Waals surface area contributed by atoms with Crippen LogP contribution in [0, 0.1) is 0 Å². The van der Waals surface area contributed by atoms with Crippen molar-refractivity contribution in [1.82, 2.24) is 19.8 Å². The van der Waals surface area contributed by atoms with Gasteiger partial charge in [0.05, 0.1) is 11.2 Å². The van der Waals surface area contributed by atoms with Crippen molar-refractivity contribution in [3.8, 4) is 5.75 Å². The number of hydrogen-bond donors (Lipinski definition) is 1. The molecule has 0 aliphatic carbocycles. The zero-order valence-electron chi connectivity index (χ0n) is 19.2. The Kier molecular flexibility index (Phi) is 6.60. The highest BCUT2D eigenvalue weighted by molar-refractivity contribution is 5.95. The van der Waals surface area contributed by atoms with Crippen LogP contribution in [0.1, 0.15) is 35.7 Å². The normalized spacial score (nSPS) is 15.1. The number of piperazine rings is 1. The second-order valence-corrected chi connectivity index (χ2v) is 8.61. The molecule has 180 valence electrons. The molecule has 2 heterocycles. The minimum Gasteiger partial charge on any atom is -0.404 e. The smallest absolute Gasteiger partial charge is 0.404 e. The van der Waals surface area contributed by atoms with Crippen molar-refractivity contribution < 1.29 is 22.7 Å². The van der Waals surface area contributed by atoms with E-state index < -0.39 is 12.1 Å². The number of aromatic nitrogens is 2. The summed E-state index contributed by atoms with van der Waals surface area (Å²) in [5, 5.41) is 3.66. The van der Waals surface area contributed by atoms with E-state index in [1.54, 1.807) is 11.1 Å². The van der Waals surface area contributed by atoms with Gasteiger partial charge < -0.3 is 19.9 Å². The summed E-state index contributed by atoms with van der Waals surface area (Å²) in [7, 11) is 1.95. The first kappa shape index (κ1) is 23.7. The number of alkyl halides is 3. The number of para-hydroxylation sites is 1. The van der Waals surface area contributed by atoms with Crippen molar-refractivity contribution in [1.29, 1.82) is 0 Å². The van der Waals surface area contributed by atoms with Crippen molar-refractivity contribution in [3.63, 3.8) is 0 Å². The molecule has 1 aliphatic rings. The van der Waals surface area contributed by atoms with Crippen LogP contribution in [-0.4, -0.2) is 65.3 Å². The van der Waals surface area contributed by atoms with Gasteiger partial charge in [-0.15, -0.1) is 13.2 Å². The third kappa shape index (κ3) is 5.39. The third-order valence-electron chi connectivity index (χ3n) is 5.76. The number of likely N-dealkylation sites (N-methyl/N-ethyl adjacent to an activating group) is 1. The highest BCUT2D eigenvalue weighted by Gasteiger charge is 2.33. The second-order valence-electron chi connectivity index (χ2n) is 8.61. The van der Waals surface area contributed by atoms with Crippen LogP contribution in [0.2, 0.25) is 0 Å². The lowest BCUT2D eigenvalue weighted by Crippen LogP contribution is -2.47. The molecule has 0 radical (unpaired) electrons. The maximum Gasteiger partial charge on any atom is 0.573 e. The lowest BCUT2D eigenvalue weighted by Gasteiger charge is -2.32. The molecule has 10 heteroatoms. The van der Waals surface area contributed by atoms with Gasteiger partial charge >= 0.3 is 6.36 Å². The summed E-state index contributed by atoms with van der Waals surface area (Å²) in [6.07, 6.45) is -3.31. The van der Waals surface area contributed by atoms with Crippen LogP contribution in [0.3, 0.4) is 0 Å². The van der Waals surface area contributed by atoms with Crippen molar-refractivity contribution in [2.75, 3.05) is 38.5 Å². The number of benzene rings is 2. The Hall–Kier alpha value is -3.40. The lowest BCUT2D eigenvalue weighted by atomic mass is 10.0. The number of hydrogen-bond acceptors (Lipinski definition) is 6. The van der Waals surface area contributed by atoms with E-state index in [0.29, 0.717) is 26.2 Å². The molecule has 0 bridgehead atoms. The fraction of sp³-hybridized carbons (Fsp3) is 0.375. The van der Waals surface area contributed by atoms with Gasteiger partial charge in [-0.1, -0.05) is 32.0 Å². The molecule has 0 saturated carbocycles. The summed E-state index contributed by atoms with van der Waals surface area (Å²) in [5.41, 5.74) is 1.85. The van der Waals surface area contributed by atoms with E-state index >= 15 is 0 Å². The first-order valence-electron chi connectivity index (χ1n) is 11.0. The summed E-state index contributed by atoms with van der Waals surface area (Å²) in [4.78, 5) is 25.3. The van der Waals surface area contributed by atoms with E-state index in [4.69, 9.17) is 0 Å². The molecule has 0 unspecified atom stereocenters. The topological polar surface area (TPSA) is 70.6 Å². The number of rotatable bonds is 5. The predicted molar refractivity (Wildman–Crippen MR) is 123 cm³/mol. The van der Waals surface area contributed by atoms with Gasteiger partial charge in [0, 0.05) is 43.3 Å². The van der Waals surface area contributed by atoms with Crippen LogP contribution in [0.25, 0.3) is 10.9 Å². The number of amides is 1. The Bertz CT molecular complexity index is 1190. The molecule has 1 aromatic heterocycles. The van der Waals surface area contributed by atoms with Gasteiger partial charge in [0.2, 0.25) is 5.95 Å². The molecule has 1 fully saturated rings. The van der Waals surface area contributed by atoms with Crippen molar-refractivity contribution in [3.05, 3.63) is 53.7 Å². The number of ether oxygens (including phenoxy) is 1. The number of anilines is 2. The van der Waals surface area contributed by atoms with E-state index in [-0.39, 0.29) is 29.0 Å². The van der Waals surface area contributed by atoms with Crippen LogP contribution >= 0.6 is 0 Å². The zero-order valence-corrected chi connectivity index (χ0v) is 19.2. The summed E-state index contributed by atoms with van der Waals surface area (Å²) in [6.45, 7) is 6.50. The molecule has 0 atom stereocenters. The van der Waals surface area contributed by atoms with Crippen LogP contribution in [-0.2, 0) is 0 Å². The summed E-state index contributed by atoms with van der Waals surface area (Å²) < 4.78 is 43.7. The monoisotopic (exact) mass is 473 g/mol. The van der Waals surface area contributed by atoms with Gasteiger partial charge in [0.15, 0.2) is 5.75 Å². The van der Waals surface area contributed by atoms with Gasteiger partial charge in [-0.3, -0.25) is 4.79 Å². The van der Waals surface area contributed by atoms with E-state index in [9.17, 15) is 18.0 Å². The molecule has 0 spiro atoms. The highest BCUT2D eigenvalue weighted by Crippen LogP contribution is 2.34. The number of nitrogens with zero attached hydrogens (tertiary/aromatic N) is 4. The quantitative estimate of drug-likeness (QED) is 0.575. The summed E-state index contributed by atoms with van der Waals surface area (Å²) in [6, 6.07) is 9.72. The van der Waals surface area contributed by atoms with E-state index in [1.165, 1.54) is 12.1 Å².